The number of anilines is 1. The Bertz CT molecular complexity index is 693. The van der Waals surface area contributed by atoms with Gasteiger partial charge in [-0.2, -0.15) is 0 Å². The average Bonchev–Trinajstić information content (AvgIpc) is 2.55. The van der Waals surface area contributed by atoms with Crippen LogP contribution in [0.2, 0.25) is 0 Å². The molecule has 4 rings (SSSR count). The number of nitrogens with zero attached hydrogens (tertiary/aromatic N) is 2. The van der Waals surface area contributed by atoms with Gasteiger partial charge in [-0.05, 0) is 36.2 Å². The van der Waals surface area contributed by atoms with Crippen LogP contribution in [-0.4, -0.2) is 28.9 Å². The summed E-state index contributed by atoms with van der Waals surface area (Å²) in [6, 6.07) is 15.7. The zero-order valence-corrected chi connectivity index (χ0v) is 11.7. The van der Waals surface area contributed by atoms with Crippen LogP contribution < -0.4 is 5.32 Å². The fourth-order valence-corrected chi connectivity index (χ4v) is 3.06. The molecule has 0 saturated heterocycles. The van der Waals surface area contributed by atoms with Crippen LogP contribution in [0.3, 0.4) is 0 Å². The number of phenolic OH excluding ortho intramolecular Hbond substituents is 1. The summed E-state index contributed by atoms with van der Waals surface area (Å²) in [6.07, 6.45) is 1.14. The minimum atomic E-state index is 0.0690. The van der Waals surface area contributed by atoms with Gasteiger partial charge in [0.1, 0.15) is 17.8 Å². The molecule has 0 fully saturated rings. The predicted molar refractivity (Wildman–Crippen MR) is 83.6 cm³/mol. The first-order valence-electron chi connectivity index (χ1n) is 7.29. The molecule has 0 spiro atoms. The summed E-state index contributed by atoms with van der Waals surface area (Å²) in [5, 5.41) is 13.1. The van der Waals surface area contributed by atoms with Crippen molar-refractivity contribution < 1.29 is 5.11 Å². The van der Waals surface area contributed by atoms with E-state index in [1.807, 2.05) is 18.2 Å². The number of aromatic hydroxyl groups is 1. The SMILES string of the molecule is Oc1ccc([C@H]2Nc3ccccc3C3=NCCCN32)cc1. The molecule has 0 amide bonds. The van der Waals surface area contributed by atoms with Gasteiger partial charge in [0, 0.05) is 24.3 Å². The molecular weight excluding hydrogens is 262 g/mol. The molecule has 4 nitrogen and oxygen atoms in total. The van der Waals surface area contributed by atoms with E-state index < -0.39 is 0 Å². The topological polar surface area (TPSA) is 47.9 Å². The van der Waals surface area contributed by atoms with Crippen LogP contribution >= 0.6 is 0 Å². The zero-order valence-electron chi connectivity index (χ0n) is 11.7. The van der Waals surface area contributed by atoms with Crippen LogP contribution in [0.4, 0.5) is 5.69 Å². The maximum Gasteiger partial charge on any atom is 0.134 e. The molecule has 0 saturated carbocycles. The summed E-state index contributed by atoms with van der Waals surface area (Å²) in [5.74, 6) is 1.37. The molecule has 0 aliphatic carbocycles. The molecule has 2 N–H and O–H groups in total. The van der Waals surface area contributed by atoms with Crippen LogP contribution in [0.5, 0.6) is 5.75 Å². The van der Waals surface area contributed by atoms with E-state index >= 15 is 0 Å². The quantitative estimate of drug-likeness (QED) is 0.843. The molecule has 21 heavy (non-hydrogen) atoms. The molecule has 0 unspecified atom stereocenters. The summed E-state index contributed by atoms with van der Waals surface area (Å²) in [7, 11) is 0. The van der Waals surface area contributed by atoms with Crippen molar-refractivity contribution in [1.82, 2.24) is 4.90 Å². The molecule has 2 aliphatic rings. The van der Waals surface area contributed by atoms with Crippen LogP contribution in [0.25, 0.3) is 0 Å². The van der Waals surface area contributed by atoms with E-state index in [1.54, 1.807) is 12.1 Å². The highest BCUT2D eigenvalue weighted by Gasteiger charge is 2.32. The van der Waals surface area contributed by atoms with Crippen LogP contribution in [0.15, 0.2) is 53.5 Å². The Morgan fingerprint density at radius 2 is 1.90 bits per heavy atom. The second-order valence-corrected chi connectivity index (χ2v) is 5.44. The first-order valence-corrected chi connectivity index (χ1v) is 7.29. The van der Waals surface area contributed by atoms with Gasteiger partial charge in [-0.1, -0.05) is 24.3 Å². The number of amidine groups is 1. The van der Waals surface area contributed by atoms with Crippen LogP contribution in [-0.2, 0) is 0 Å². The van der Waals surface area contributed by atoms with Gasteiger partial charge in [0.05, 0.1) is 0 Å². The first-order chi connectivity index (χ1) is 10.3. The zero-order chi connectivity index (χ0) is 14.2. The van der Waals surface area contributed by atoms with Crippen molar-refractivity contribution in [2.75, 3.05) is 18.4 Å². The van der Waals surface area contributed by atoms with Crippen molar-refractivity contribution in [2.24, 2.45) is 4.99 Å². The summed E-state index contributed by atoms with van der Waals surface area (Å²) in [4.78, 5) is 7.06. The lowest BCUT2D eigenvalue weighted by molar-refractivity contribution is 0.322. The Morgan fingerprint density at radius 1 is 1.10 bits per heavy atom. The highest BCUT2D eigenvalue weighted by atomic mass is 16.3. The van der Waals surface area contributed by atoms with Gasteiger partial charge < -0.3 is 15.3 Å². The third kappa shape index (κ3) is 2.03. The Kier molecular flexibility index (Phi) is 2.81. The standard InChI is InChI=1S/C17H17N3O/c21-13-8-6-12(7-9-13)16-19-15-5-2-1-4-14(15)17-18-10-3-11-20(16)17/h1-2,4-9,16,19,21H,3,10-11H2/t16-/m0/s1. The van der Waals surface area contributed by atoms with Crippen molar-refractivity contribution in [1.29, 1.82) is 0 Å². The highest BCUT2D eigenvalue weighted by molar-refractivity contribution is 6.05. The Hall–Kier alpha value is -2.49. The number of rotatable bonds is 1. The minimum absolute atomic E-state index is 0.0690. The normalized spacial score (nSPS) is 20.1. The van der Waals surface area contributed by atoms with Crippen molar-refractivity contribution in [3.63, 3.8) is 0 Å². The minimum Gasteiger partial charge on any atom is -0.508 e. The molecule has 2 aromatic rings. The molecule has 0 aromatic heterocycles. The average molecular weight is 279 g/mol. The molecule has 2 aromatic carbocycles. The van der Waals surface area contributed by atoms with E-state index in [4.69, 9.17) is 4.99 Å². The summed E-state index contributed by atoms with van der Waals surface area (Å²) in [5.41, 5.74) is 3.43. The summed E-state index contributed by atoms with van der Waals surface area (Å²) < 4.78 is 0. The molecule has 2 aliphatic heterocycles. The lowest BCUT2D eigenvalue weighted by Crippen LogP contribution is -2.45. The van der Waals surface area contributed by atoms with E-state index in [9.17, 15) is 5.11 Å². The van der Waals surface area contributed by atoms with Crippen LogP contribution in [0.1, 0.15) is 23.7 Å². The molecule has 1 atom stereocenters. The summed E-state index contributed by atoms with van der Waals surface area (Å²) >= 11 is 0. The first kappa shape index (κ1) is 12.3. The number of hydrogen-bond donors (Lipinski definition) is 2. The number of nitrogens with one attached hydrogen (secondary N) is 1. The number of para-hydroxylation sites is 1. The second-order valence-electron chi connectivity index (χ2n) is 5.44. The van der Waals surface area contributed by atoms with Gasteiger partial charge in [-0.15, -0.1) is 0 Å². The maximum atomic E-state index is 9.49. The number of hydrogen-bond acceptors (Lipinski definition) is 4. The van der Waals surface area contributed by atoms with Gasteiger partial charge in [0.2, 0.25) is 0 Å². The fraction of sp³-hybridized carbons (Fsp3) is 0.235. The molecule has 0 bridgehead atoms. The lowest BCUT2D eigenvalue weighted by atomic mass is 10.0. The molecular formula is C17H17N3O. The third-order valence-electron chi connectivity index (χ3n) is 4.07. The van der Waals surface area contributed by atoms with E-state index in [1.165, 1.54) is 5.56 Å². The number of fused-ring (bicyclic) bond motifs is 3. The van der Waals surface area contributed by atoms with Gasteiger partial charge in [-0.25, -0.2) is 0 Å². The van der Waals surface area contributed by atoms with Crippen molar-refractivity contribution in [3.8, 4) is 5.75 Å². The predicted octanol–water partition coefficient (Wildman–Crippen LogP) is 2.97. The third-order valence-corrected chi connectivity index (χ3v) is 4.07. The second kappa shape index (κ2) is 4.81. The summed E-state index contributed by atoms with van der Waals surface area (Å²) in [6.45, 7) is 1.88. The van der Waals surface area contributed by atoms with Crippen molar-refractivity contribution in [2.45, 2.75) is 12.6 Å². The Morgan fingerprint density at radius 3 is 2.76 bits per heavy atom. The van der Waals surface area contributed by atoms with Crippen molar-refractivity contribution >= 4 is 11.5 Å². The van der Waals surface area contributed by atoms with Gasteiger partial charge in [0.25, 0.3) is 0 Å². The molecule has 0 radical (unpaired) electrons. The molecule has 2 heterocycles. The number of aliphatic imine (C=N–C) groups is 1. The highest BCUT2D eigenvalue weighted by Crippen LogP contribution is 2.35. The monoisotopic (exact) mass is 279 g/mol. The Labute approximate surface area is 123 Å². The van der Waals surface area contributed by atoms with E-state index in [0.717, 1.165) is 36.6 Å². The maximum absolute atomic E-state index is 9.49. The number of benzene rings is 2. The molecule has 4 heteroatoms. The lowest BCUT2D eigenvalue weighted by Gasteiger charge is -2.42. The smallest absolute Gasteiger partial charge is 0.134 e. The van der Waals surface area contributed by atoms with Gasteiger partial charge in [0.15, 0.2) is 0 Å². The van der Waals surface area contributed by atoms with E-state index in [2.05, 4.69) is 28.4 Å². The number of phenols is 1. The van der Waals surface area contributed by atoms with E-state index in [-0.39, 0.29) is 6.17 Å². The van der Waals surface area contributed by atoms with Gasteiger partial charge >= 0.3 is 0 Å². The van der Waals surface area contributed by atoms with Crippen LogP contribution in [0, 0.1) is 0 Å². The van der Waals surface area contributed by atoms with Gasteiger partial charge in [-0.3, -0.25) is 4.99 Å². The fourth-order valence-electron chi connectivity index (χ4n) is 3.06. The Balaban J connectivity index is 1.81. The van der Waals surface area contributed by atoms with Crippen molar-refractivity contribution in [3.05, 3.63) is 59.7 Å². The van der Waals surface area contributed by atoms with E-state index in [0.29, 0.717) is 5.75 Å². The largest absolute Gasteiger partial charge is 0.508 e. The molecule has 106 valence electrons.